The quantitative estimate of drug-likeness (QED) is 0.788. The third kappa shape index (κ3) is 4.21. The molecule has 0 spiro atoms. The summed E-state index contributed by atoms with van der Waals surface area (Å²) in [4.78, 5) is 2.37. The van der Waals surface area contributed by atoms with E-state index >= 15 is 0 Å². The highest BCUT2D eigenvalue weighted by Crippen LogP contribution is 2.44. The Hall–Kier alpha value is -0.570. The van der Waals surface area contributed by atoms with Gasteiger partial charge in [-0.05, 0) is 62.3 Å². The maximum Gasteiger partial charge on any atom is 0.0409 e. The molecular formula is C17H25ClN2. The summed E-state index contributed by atoms with van der Waals surface area (Å²) in [5, 5.41) is 4.63. The molecule has 110 valence electrons. The molecule has 1 N–H and O–H groups in total. The Morgan fingerprint density at radius 3 is 2.55 bits per heavy atom. The summed E-state index contributed by atoms with van der Waals surface area (Å²) in [6, 6.07) is 8.98. The lowest BCUT2D eigenvalue weighted by Crippen LogP contribution is -2.38. The van der Waals surface area contributed by atoms with Gasteiger partial charge in [-0.15, -0.1) is 0 Å². The molecule has 2 aliphatic carbocycles. The molecular weight excluding hydrogens is 268 g/mol. The SMILES string of the molecule is CN(CCNC(C1CC1)C1CC1)Cc1cccc(Cl)c1. The summed E-state index contributed by atoms with van der Waals surface area (Å²) in [5.41, 5.74) is 1.29. The summed E-state index contributed by atoms with van der Waals surface area (Å²) in [7, 11) is 2.19. The van der Waals surface area contributed by atoms with Gasteiger partial charge in [0.1, 0.15) is 0 Å². The summed E-state index contributed by atoms with van der Waals surface area (Å²) in [5.74, 6) is 1.97. The third-order valence-electron chi connectivity index (χ3n) is 4.47. The van der Waals surface area contributed by atoms with E-state index in [-0.39, 0.29) is 0 Å². The number of hydrogen-bond donors (Lipinski definition) is 1. The van der Waals surface area contributed by atoms with Crippen LogP contribution in [0.15, 0.2) is 24.3 Å². The van der Waals surface area contributed by atoms with Crippen molar-refractivity contribution in [1.82, 2.24) is 10.2 Å². The molecule has 2 fully saturated rings. The van der Waals surface area contributed by atoms with Crippen molar-refractivity contribution in [3.05, 3.63) is 34.9 Å². The first-order chi connectivity index (χ1) is 9.72. The predicted molar refractivity (Wildman–Crippen MR) is 85.0 cm³/mol. The summed E-state index contributed by atoms with van der Waals surface area (Å²) in [6.45, 7) is 3.18. The van der Waals surface area contributed by atoms with E-state index in [1.165, 1.54) is 31.2 Å². The maximum absolute atomic E-state index is 6.03. The fourth-order valence-electron chi connectivity index (χ4n) is 3.08. The molecule has 3 rings (SSSR count). The van der Waals surface area contributed by atoms with Crippen molar-refractivity contribution in [3.8, 4) is 0 Å². The second-order valence-electron chi connectivity index (χ2n) is 6.52. The molecule has 2 aliphatic rings. The molecule has 0 unspecified atom stereocenters. The highest BCUT2D eigenvalue weighted by Gasteiger charge is 2.40. The van der Waals surface area contributed by atoms with Crippen LogP contribution in [-0.2, 0) is 6.54 Å². The molecule has 0 aliphatic heterocycles. The maximum atomic E-state index is 6.03. The number of nitrogens with one attached hydrogen (secondary N) is 1. The summed E-state index contributed by atoms with van der Waals surface area (Å²) >= 11 is 6.03. The van der Waals surface area contributed by atoms with Gasteiger partial charge >= 0.3 is 0 Å². The van der Waals surface area contributed by atoms with Gasteiger partial charge in [0, 0.05) is 30.7 Å². The summed E-state index contributed by atoms with van der Waals surface area (Å²) < 4.78 is 0. The Labute approximate surface area is 127 Å². The number of benzene rings is 1. The molecule has 3 heteroatoms. The highest BCUT2D eigenvalue weighted by molar-refractivity contribution is 6.30. The van der Waals surface area contributed by atoms with Crippen LogP contribution >= 0.6 is 11.6 Å². The lowest BCUT2D eigenvalue weighted by molar-refractivity contribution is 0.305. The fourth-order valence-corrected chi connectivity index (χ4v) is 3.29. The van der Waals surface area contributed by atoms with Gasteiger partial charge in [-0.25, -0.2) is 0 Å². The zero-order valence-electron chi connectivity index (χ0n) is 12.3. The van der Waals surface area contributed by atoms with Crippen LogP contribution in [0.25, 0.3) is 0 Å². The van der Waals surface area contributed by atoms with Crippen molar-refractivity contribution < 1.29 is 0 Å². The van der Waals surface area contributed by atoms with Crippen LogP contribution < -0.4 is 5.32 Å². The van der Waals surface area contributed by atoms with Crippen molar-refractivity contribution in [3.63, 3.8) is 0 Å². The Morgan fingerprint density at radius 1 is 1.25 bits per heavy atom. The highest BCUT2D eigenvalue weighted by atomic mass is 35.5. The molecule has 0 aromatic heterocycles. The van der Waals surface area contributed by atoms with E-state index < -0.39 is 0 Å². The van der Waals surface area contributed by atoms with E-state index in [9.17, 15) is 0 Å². The third-order valence-corrected chi connectivity index (χ3v) is 4.71. The molecule has 0 radical (unpaired) electrons. The van der Waals surface area contributed by atoms with E-state index in [0.29, 0.717) is 0 Å². The second-order valence-corrected chi connectivity index (χ2v) is 6.96. The zero-order valence-corrected chi connectivity index (χ0v) is 13.1. The fraction of sp³-hybridized carbons (Fsp3) is 0.647. The first-order valence-corrected chi connectivity index (χ1v) is 8.26. The zero-order chi connectivity index (χ0) is 13.9. The van der Waals surface area contributed by atoms with Gasteiger partial charge in [0.05, 0.1) is 0 Å². The van der Waals surface area contributed by atoms with Crippen LogP contribution in [-0.4, -0.2) is 31.1 Å². The van der Waals surface area contributed by atoms with Gasteiger partial charge in [0.2, 0.25) is 0 Å². The van der Waals surface area contributed by atoms with E-state index in [1.54, 1.807) is 0 Å². The molecule has 0 amide bonds. The second kappa shape index (κ2) is 6.46. The van der Waals surface area contributed by atoms with Crippen LogP contribution in [0.5, 0.6) is 0 Å². The Balaban J connectivity index is 1.39. The van der Waals surface area contributed by atoms with Gasteiger partial charge in [-0.2, -0.15) is 0 Å². The minimum atomic E-state index is 0.814. The lowest BCUT2D eigenvalue weighted by atomic mass is 10.1. The van der Waals surface area contributed by atoms with E-state index in [0.717, 1.165) is 42.5 Å². The standard InChI is InChI=1S/C17H25ClN2/c1-20(12-13-3-2-4-16(18)11-13)10-9-19-17(14-5-6-14)15-7-8-15/h2-4,11,14-15,17,19H,5-10,12H2,1H3. The molecule has 0 heterocycles. The Kier molecular flexibility index (Phi) is 4.65. The van der Waals surface area contributed by atoms with E-state index in [2.05, 4.69) is 29.4 Å². The van der Waals surface area contributed by atoms with Crippen molar-refractivity contribution in [1.29, 1.82) is 0 Å². The van der Waals surface area contributed by atoms with Crippen LogP contribution in [0.3, 0.4) is 0 Å². The molecule has 1 aromatic rings. The molecule has 2 saturated carbocycles. The molecule has 0 saturated heterocycles. The van der Waals surface area contributed by atoms with E-state index in [1.807, 2.05) is 12.1 Å². The number of hydrogen-bond acceptors (Lipinski definition) is 2. The molecule has 20 heavy (non-hydrogen) atoms. The van der Waals surface area contributed by atoms with Crippen molar-refractivity contribution in [2.75, 3.05) is 20.1 Å². The topological polar surface area (TPSA) is 15.3 Å². The number of nitrogens with zero attached hydrogens (tertiary/aromatic N) is 1. The smallest absolute Gasteiger partial charge is 0.0409 e. The molecule has 1 aromatic carbocycles. The van der Waals surface area contributed by atoms with Gasteiger partial charge in [-0.1, -0.05) is 23.7 Å². The first-order valence-electron chi connectivity index (χ1n) is 7.89. The minimum Gasteiger partial charge on any atom is -0.312 e. The van der Waals surface area contributed by atoms with Crippen LogP contribution in [0.4, 0.5) is 0 Å². The van der Waals surface area contributed by atoms with Gasteiger partial charge < -0.3 is 10.2 Å². The predicted octanol–water partition coefficient (Wildman–Crippen LogP) is 3.55. The minimum absolute atomic E-state index is 0.814. The van der Waals surface area contributed by atoms with Crippen LogP contribution in [0.1, 0.15) is 31.2 Å². The number of halogens is 1. The van der Waals surface area contributed by atoms with Crippen molar-refractivity contribution in [2.45, 2.75) is 38.3 Å². The molecule has 2 nitrogen and oxygen atoms in total. The van der Waals surface area contributed by atoms with Crippen LogP contribution in [0.2, 0.25) is 5.02 Å². The van der Waals surface area contributed by atoms with E-state index in [4.69, 9.17) is 11.6 Å². The normalized spacial score (nSPS) is 19.0. The molecule has 0 atom stereocenters. The monoisotopic (exact) mass is 292 g/mol. The first kappa shape index (κ1) is 14.4. The average molecular weight is 293 g/mol. The van der Waals surface area contributed by atoms with Gasteiger partial charge in [0.15, 0.2) is 0 Å². The van der Waals surface area contributed by atoms with Crippen LogP contribution in [0, 0.1) is 11.8 Å². The van der Waals surface area contributed by atoms with Crippen molar-refractivity contribution in [2.24, 2.45) is 11.8 Å². The Bertz CT molecular complexity index is 428. The largest absolute Gasteiger partial charge is 0.312 e. The lowest BCUT2D eigenvalue weighted by Gasteiger charge is -2.21. The average Bonchev–Trinajstić information content (AvgIpc) is 3.27. The van der Waals surface area contributed by atoms with Gasteiger partial charge in [-0.3, -0.25) is 0 Å². The van der Waals surface area contributed by atoms with Crippen molar-refractivity contribution >= 4 is 11.6 Å². The molecule has 0 bridgehead atoms. The Morgan fingerprint density at radius 2 is 1.95 bits per heavy atom. The number of rotatable bonds is 8. The number of likely N-dealkylation sites (N-methyl/N-ethyl adjacent to an activating group) is 1. The van der Waals surface area contributed by atoms with Gasteiger partial charge in [0.25, 0.3) is 0 Å². The summed E-state index contributed by atoms with van der Waals surface area (Å²) in [6.07, 6.45) is 5.80.